The first-order valence-electron chi connectivity index (χ1n) is 8.34. The van der Waals surface area contributed by atoms with Crippen LogP contribution < -0.4 is 10.1 Å². The number of halogens is 1. The van der Waals surface area contributed by atoms with Crippen molar-refractivity contribution in [1.29, 1.82) is 0 Å². The number of hydrogen-bond acceptors (Lipinski definition) is 3. The van der Waals surface area contributed by atoms with Gasteiger partial charge in [0.15, 0.2) is 11.6 Å². The van der Waals surface area contributed by atoms with Gasteiger partial charge in [0, 0.05) is 17.3 Å². The van der Waals surface area contributed by atoms with Crippen LogP contribution in [0, 0.1) is 5.82 Å². The Morgan fingerprint density at radius 1 is 1.07 bits per heavy atom. The minimum absolute atomic E-state index is 0.118. The maximum Gasteiger partial charge on any atom is 0.273 e. The van der Waals surface area contributed by atoms with Gasteiger partial charge in [-0.3, -0.25) is 9.89 Å². The number of carbonyl (C=O) groups is 1. The molecule has 0 aliphatic carbocycles. The quantitative estimate of drug-likeness (QED) is 0.557. The Bertz CT molecular complexity index is 1130. The van der Waals surface area contributed by atoms with E-state index < -0.39 is 11.7 Å². The molecule has 134 valence electrons. The second kappa shape index (κ2) is 6.92. The lowest BCUT2D eigenvalue weighted by atomic mass is 10.0. The molecule has 0 atom stereocenters. The van der Waals surface area contributed by atoms with E-state index in [-0.39, 0.29) is 11.4 Å². The number of rotatable bonds is 4. The molecule has 3 aromatic carbocycles. The first-order valence-corrected chi connectivity index (χ1v) is 8.34. The van der Waals surface area contributed by atoms with Crippen LogP contribution in [0.4, 0.5) is 10.1 Å². The minimum atomic E-state index is -0.545. The fourth-order valence-electron chi connectivity index (χ4n) is 2.97. The normalized spacial score (nSPS) is 10.7. The number of amides is 1. The number of hydrogen-bond donors (Lipinski definition) is 2. The molecular weight excluding hydrogens is 345 g/mol. The summed E-state index contributed by atoms with van der Waals surface area (Å²) < 4.78 is 18.7. The van der Waals surface area contributed by atoms with Crippen molar-refractivity contribution in [2.75, 3.05) is 12.4 Å². The summed E-state index contributed by atoms with van der Waals surface area (Å²) in [5.41, 5.74) is 2.21. The molecule has 0 bridgehead atoms. The van der Waals surface area contributed by atoms with Gasteiger partial charge in [-0.1, -0.05) is 42.5 Å². The van der Waals surface area contributed by atoms with Crippen LogP contribution in [0.5, 0.6) is 5.75 Å². The lowest BCUT2D eigenvalue weighted by Gasteiger charge is -2.06. The van der Waals surface area contributed by atoms with Crippen LogP contribution in [-0.2, 0) is 0 Å². The number of fused-ring (bicyclic) bond motifs is 1. The molecule has 0 radical (unpaired) electrons. The summed E-state index contributed by atoms with van der Waals surface area (Å²) in [5.74, 6) is -0.831. The fourth-order valence-corrected chi connectivity index (χ4v) is 2.97. The van der Waals surface area contributed by atoms with Crippen molar-refractivity contribution in [3.8, 4) is 17.0 Å². The highest BCUT2D eigenvalue weighted by molar-refractivity contribution is 6.04. The SMILES string of the molecule is COc1ccc(NC(=O)c2cc(-c3cccc4ccccc34)n[nH]2)cc1F. The molecule has 27 heavy (non-hydrogen) atoms. The van der Waals surface area contributed by atoms with Gasteiger partial charge in [-0.05, 0) is 29.0 Å². The number of carbonyl (C=O) groups excluding carboxylic acids is 1. The van der Waals surface area contributed by atoms with Gasteiger partial charge in [-0.15, -0.1) is 0 Å². The summed E-state index contributed by atoms with van der Waals surface area (Å²) >= 11 is 0. The van der Waals surface area contributed by atoms with Crippen LogP contribution in [-0.4, -0.2) is 23.2 Å². The Balaban J connectivity index is 1.60. The van der Waals surface area contributed by atoms with Crippen molar-refractivity contribution in [2.24, 2.45) is 0 Å². The Morgan fingerprint density at radius 2 is 1.89 bits per heavy atom. The Morgan fingerprint density at radius 3 is 2.70 bits per heavy atom. The summed E-state index contributed by atoms with van der Waals surface area (Å²) in [6, 6.07) is 19.8. The van der Waals surface area contributed by atoms with Gasteiger partial charge in [-0.25, -0.2) is 4.39 Å². The Labute approximate surface area is 154 Å². The van der Waals surface area contributed by atoms with E-state index in [0.717, 1.165) is 16.3 Å². The first kappa shape index (κ1) is 16.8. The topological polar surface area (TPSA) is 67.0 Å². The molecule has 0 aliphatic rings. The number of benzene rings is 3. The van der Waals surface area contributed by atoms with Gasteiger partial charge in [0.2, 0.25) is 0 Å². The van der Waals surface area contributed by atoms with Crippen LogP contribution in [0.15, 0.2) is 66.7 Å². The van der Waals surface area contributed by atoms with Crippen molar-refractivity contribution in [3.63, 3.8) is 0 Å². The molecule has 4 rings (SSSR count). The summed E-state index contributed by atoms with van der Waals surface area (Å²) in [7, 11) is 1.38. The number of ether oxygens (including phenoxy) is 1. The van der Waals surface area contributed by atoms with Crippen molar-refractivity contribution < 1.29 is 13.9 Å². The summed E-state index contributed by atoms with van der Waals surface area (Å²) in [5, 5.41) is 11.8. The maximum atomic E-state index is 13.8. The van der Waals surface area contributed by atoms with E-state index in [1.165, 1.54) is 19.2 Å². The lowest BCUT2D eigenvalue weighted by molar-refractivity contribution is 0.102. The van der Waals surface area contributed by atoms with Gasteiger partial charge < -0.3 is 10.1 Å². The Hall–Kier alpha value is -3.67. The van der Waals surface area contributed by atoms with Gasteiger partial charge in [0.05, 0.1) is 12.8 Å². The molecule has 5 nitrogen and oxygen atoms in total. The van der Waals surface area contributed by atoms with Crippen LogP contribution in [0.1, 0.15) is 10.5 Å². The monoisotopic (exact) mass is 361 g/mol. The fraction of sp³-hybridized carbons (Fsp3) is 0.0476. The number of H-pyrrole nitrogens is 1. The van der Waals surface area contributed by atoms with Gasteiger partial charge in [0.1, 0.15) is 5.69 Å². The summed E-state index contributed by atoms with van der Waals surface area (Å²) in [6.45, 7) is 0. The summed E-state index contributed by atoms with van der Waals surface area (Å²) in [4.78, 5) is 12.5. The number of nitrogens with zero attached hydrogens (tertiary/aromatic N) is 1. The largest absolute Gasteiger partial charge is 0.494 e. The number of nitrogens with one attached hydrogen (secondary N) is 2. The molecule has 0 spiro atoms. The van der Waals surface area contributed by atoms with E-state index in [4.69, 9.17) is 4.74 Å². The van der Waals surface area contributed by atoms with Crippen molar-refractivity contribution in [1.82, 2.24) is 10.2 Å². The van der Waals surface area contributed by atoms with E-state index >= 15 is 0 Å². The molecule has 0 aliphatic heterocycles. The van der Waals surface area contributed by atoms with Crippen LogP contribution in [0.3, 0.4) is 0 Å². The zero-order valence-electron chi connectivity index (χ0n) is 14.5. The zero-order valence-corrected chi connectivity index (χ0v) is 14.5. The number of anilines is 1. The molecule has 1 amide bonds. The molecule has 4 aromatic rings. The Kier molecular flexibility index (Phi) is 4.30. The summed E-state index contributed by atoms with van der Waals surface area (Å²) in [6.07, 6.45) is 0. The highest BCUT2D eigenvalue weighted by Gasteiger charge is 2.14. The number of aromatic nitrogens is 2. The predicted molar refractivity (Wildman–Crippen MR) is 102 cm³/mol. The number of methoxy groups -OCH3 is 1. The second-order valence-electron chi connectivity index (χ2n) is 6.00. The van der Waals surface area contributed by atoms with Crippen molar-refractivity contribution in [2.45, 2.75) is 0 Å². The molecule has 0 unspecified atom stereocenters. The minimum Gasteiger partial charge on any atom is -0.494 e. The molecule has 1 aromatic heterocycles. The molecule has 1 heterocycles. The average Bonchev–Trinajstić information content (AvgIpc) is 3.18. The maximum absolute atomic E-state index is 13.8. The van der Waals surface area contributed by atoms with Crippen molar-refractivity contribution in [3.05, 3.63) is 78.2 Å². The third kappa shape index (κ3) is 3.25. The van der Waals surface area contributed by atoms with Gasteiger partial charge >= 0.3 is 0 Å². The number of aromatic amines is 1. The van der Waals surface area contributed by atoms with E-state index in [2.05, 4.69) is 15.5 Å². The molecule has 2 N–H and O–H groups in total. The van der Waals surface area contributed by atoms with Crippen LogP contribution >= 0.6 is 0 Å². The van der Waals surface area contributed by atoms with Gasteiger partial charge in [-0.2, -0.15) is 5.10 Å². The van der Waals surface area contributed by atoms with E-state index in [1.54, 1.807) is 12.1 Å². The molecule has 0 saturated heterocycles. The van der Waals surface area contributed by atoms with Crippen LogP contribution in [0.2, 0.25) is 0 Å². The first-order chi connectivity index (χ1) is 13.2. The van der Waals surface area contributed by atoms with Crippen molar-refractivity contribution >= 4 is 22.4 Å². The second-order valence-corrected chi connectivity index (χ2v) is 6.00. The average molecular weight is 361 g/mol. The molecule has 0 saturated carbocycles. The molecular formula is C21H16FN3O2. The smallest absolute Gasteiger partial charge is 0.273 e. The zero-order chi connectivity index (χ0) is 18.8. The third-order valence-electron chi connectivity index (χ3n) is 4.30. The lowest BCUT2D eigenvalue weighted by Crippen LogP contribution is -2.12. The highest BCUT2D eigenvalue weighted by Crippen LogP contribution is 2.28. The van der Waals surface area contributed by atoms with E-state index in [0.29, 0.717) is 11.4 Å². The standard InChI is InChI=1S/C21H16FN3O2/c1-27-20-10-9-14(11-17(20)22)23-21(26)19-12-18(24-25-19)16-8-4-6-13-5-2-3-7-15(13)16/h2-12H,1H3,(H,23,26)(H,24,25). The van der Waals surface area contributed by atoms with E-state index in [9.17, 15) is 9.18 Å². The molecule has 6 heteroatoms. The van der Waals surface area contributed by atoms with E-state index in [1.807, 2.05) is 42.5 Å². The molecule has 0 fully saturated rings. The van der Waals surface area contributed by atoms with Gasteiger partial charge in [0.25, 0.3) is 5.91 Å². The highest BCUT2D eigenvalue weighted by atomic mass is 19.1. The van der Waals surface area contributed by atoms with Crippen LogP contribution in [0.25, 0.3) is 22.0 Å². The predicted octanol–water partition coefficient (Wildman–Crippen LogP) is 4.63. The third-order valence-corrected chi connectivity index (χ3v) is 4.30.